The lowest BCUT2D eigenvalue weighted by atomic mass is 9.84. The third-order valence-electron chi connectivity index (χ3n) is 7.30. The summed E-state index contributed by atoms with van der Waals surface area (Å²) in [5.41, 5.74) is 3.40. The van der Waals surface area contributed by atoms with Gasteiger partial charge in [-0.1, -0.05) is 42.5 Å². The fourth-order valence-corrected chi connectivity index (χ4v) is 5.69. The molecule has 3 heterocycles. The highest BCUT2D eigenvalue weighted by Gasteiger charge is 2.64. The number of hydrogen-bond acceptors (Lipinski definition) is 5. The van der Waals surface area contributed by atoms with Crippen molar-refractivity contribution in [2.75, 3.05) is 10.2 Å². The van der Waals surface area contributed by atoms with Gasteiger partial charge in [0.15, 0.2) is 5.78 Å². The maximum atomic E-state index is 13.9. The number of nitrogens with zero attached hydrogens (tertiary/aromatic N) is 2. The van der Waals surface area contributed by atoms with Crippen LogP contribution < -0.4 is 10.2 Å². The summed E-state index contributed by atoms with van der Waals surface area (Å²) >= 11 is 0. The number of carbonyl (C=O) groups excluding carboxylic acids is 4. The first kappa shape index (κ1) is 22.0. The predicted molar refractivity (Wildman–Crippen MR) is 135 cm³/mol. The zero-order chi connectivity index (χ0) is 25.0. The van der Waals surface area contributed by atoms with E-state index in [0.717, 1.165) is 11.1 Å². The standard InChI is InChI=1S/C29H23N3O4/c1-17(33)18-11-13-21(14-12-18)32-28(35)23-24(29(32)36)26(27(34)30-20-8-3-2-4-9-20)31-16-15-19-7-5-6-10-22(19)25(23)31/h2-16,23-26H,1H3,(H,30,34)/t23-,24+,25+,26-/m0/s1. The predicted octanol–water partition coefficient (Wildman–Crippen LogP) is 4.04. The summed E-state index contributed by atoms with van der Waals surface area (Å²) in [5, 5.41) is 2.93. The van der Waals surface area contributed by atoms with E-state index in [2.05, 4.69) is 5.32 Å². The molecule has 36 heavy (non-hydrogen) atoms. The molecule has 3 amide bonds. The molecule has 6 rings (SSSR count). The zero-order valence-electron chi connectivity index (χ0n) is 19.5. The molecule has 178 valence electrons. The van der Waals surface area contributed by atoms with Crippen molar-refractivity contribution in [2.45, 2.75) is 19.0 Å². The molecule has 7 heteroatoms. The van der Waals surface area contributed by atoms with Gasteiger partial charge in [0, 0.05) is 17.5 Å². The van der Waals surface area contributed by atoms with Crippen LogP contribution in [0.4, 0.5) is 11.4 Å². The van der Waals surface area contributed by atoms with Crippen molar-refractivity contribution < 1.29 is 19.2 Å². The van der Waals surface area contributed by atoms with E-state index < -0.39 is 29.8 Å². The highest BCUT2D eigenvalue weighted by Crippen LogP contribution is 2.53. The molecule has 0 bridgehead atoms. The first-order valence-corrected chi connectivity index (χ1v) is 11.8. The third-order valence-corrected chi connectivity index (χ3v) is 7.30. The smallest absolute Gasteiger partial charge is 0.247 e. The van der Waals surface area contributed by atoms with Crippen molar-refractivity contribution in [1.29, 1.82) is 0 Å². The normalized spacial score (nSPS) is 23.8. The molecule has 1 N–H and O–H groups in total. The van der Waals surface area contributed by atoms with Crippen LogP contribution in [0, 0.1) is 11.8 Å². The van der Waals surface area contributed by atoms with Gasteiger partial charge in [-0.2, -0.15) is 0 Å². The van der Waals surface area contributed by atoms with Gasteiger partial charge >= 0.3 is 0 Å². The van der Waals surface area contributed by atoms with E-state index in [9.17, 15) is 19.2 Å². The van der Waals surface area contributed by atoms with Crippen molar-refractivity contribution >= 4 is 41.0 Å². The number of fused-ring (bicyclic) bond motifs is 5. The minimum absolute atomic E-state index is 0.101. The Hall–Kier alpha value is -4.52. The number of Topliss-reactive ketones (excluding diaryl/α,β-unsaturated/α-hetero) is 1. The lowest BCUT2D eigenvalue weighted by Crippen LogP contribution is -2.46. The van der Waals surface area contributed by atoms with E-state index in [4.69, 9.17) is 0 Å². The number of ketones is 1. The van der Waals surface area contributed by atoms with Crippen LogP contribution >= 0.6 is 0 Å². The van der Waals surface area contributed by atoms with Crippen LogP contribution in [0.3, 0.4) is 0 Å². The summed E-state index contributed by atoms with van der Waals surface area (Å²) < 4.78 is 0. The Morgan fingerprint density at radius 2 is 1.47 bits per heavy atom. The van der Waals surface area contributed by atoms with E-state index >= 15 is 0 Å². The van der Waals surface area contributed by atoms with Gasteiger partial charge in [-0.05, 0) is 60.5 Å². The van der Waals surface area contributed by atoms with Crippen molar-refractivity contribution in [3.8, 4) is 0 Å². The van der Waals surface area contributed by atoms with Gasteiger partial charge in [0.25, 0.3) is 0 Å². The average Bonchev–Trinajstić information content (AvgIpc) is 3.37. The number of carbonyl (C=O) groups is 4. The molecule has 0 unspecified atom stereocenters. The van der Waals surface area contributed by atoms with Crippen LogP contribution in [0.5, 0.6) is 0 Å². The van der Waals surface area contributed by atoms with Crippen molar-refractivity contribution in [3.63, 3.8) is 0 Å². The largest absolute Gasteiger partial charge is 0.357 e. The number of anilines is 2. The maximum absolute atomic E-state index is 13.9. The lowest BCUT2D eigenvalue weighted by Gasteiger charge is -2.35. The van der Waals surface area contributed by atoms with Crippen molar-refractivity contribution in [3.05, 3.63) is 102 Å². The molecule has 4 atom stereocenters. The number of hydrogen-bond donors (Lipinski definition) is 1. The second kappa shape index (κ2) is 8.30. The molecule has 7 nitrogen and oxygen atoms in total. The Kier molecular flexibility index (Phi) is 5.07. The molecule has 3 aromatic rings. The summed E-state index contributed by atoms with van der Waals surface area (Å²) in [7, 11) is 0. The third kappa shape index (κ3) is 3.27. The molecule has 0 aliphatic carbocycles. The second-order valence-corrected chi connectivity index (χ2v) is 9.30. The SMILES string of the molecule is CC(=O)c1ccc(N2C(=O)[C@@H]3[C@H](C2=O)[C@H]2c4ccccc4C=CN2[C@@H]3C(=O)Nc2ccccc2)cc1. The van der Waals surface area contributed by atoms with Crippen LogP contribution in [0.1, 0.15) is 34.5 Å². The van der Waals surface area contributed by atoms with Crippen LogP contribution in [0.25, 0.3) is 6.08 Å². The topological polar surface area (TPSA) is 86.8 Å². The highest BCUT2D eigenvalue weighted by atomic mass is 16.2. The number of benzene rings is 3. The Bertz CT molecular complexity index is 1430. The number of nitrogens with one attached hydrogen (secondary N) is 1. The van der Waals surface area contributed by atoms with Gasteiger partial charge in [-0.3, -0.25) is 19.2 Å². The van der Waals surface area contributed by atoms with Crippen LogP contribution in [0.15, 0.2) is 85.1 Å². The molecular formula is C29H23N3O4. The van der Waals surface area contributed by atoms with Gasteiger partial charge in [0.2, 0.25) is 17.7 Å². The van der Waals surface area contributed by atoms with E-state index in [-0.39, 0.29) is 17.6 Å². The number of amides is 3. The minimum Gasteiger partial charge on any atom is -0.357 e. The average molecular weight is 478 g/mol. The van der Waals surface area contributed by atoms with Gasteiger partial charge in [0.1, 0.15) is 6.04 Å². The van der Waals surface area contributed by atoms with Crippen LogP contribution in [-0.2, 0) is 14.4 Å². The summed E-state index contributed by atoms with van der Waals surface area (Å²) in [6.07, 6.45) is 3.75. The summed E-state index contributed by atoms with van der Waals surface area (Å²) in [5.74, 6) is -2.75. The fourth-order valence-electron chi connectivity index (χ4n) is 5.69. The van der Waals surface area contributed by atoms with Gasteiger partial charge in [-0.25, -0.2) is 4.90 Å². The molecule has 2 saturated heterocycles. The monoisotopic (exact) mass is 477 g/mol. The molecule has 3 aliphatic heterocycles. The first-order valence-electron chi connectivity index (χ1n) is 11.8. The minimum atomic E-state index is -0.859. The van der Waals surface area contributed by atoms with Crippen LogP contribution in [0.2, 0.25) is 0 Å². The second-order valence-electron chi connectivity index (χ2n) is 9.30. The number of imide groups is 1. The van der Waals surface area contributed by atoms with Crippen LogP contribution in [-0.4, -0.2) is 34.4 Å². The van der Waals surface area contributed by atoms with E-state index in [0.29, 0.717) is 16.9 Å². The first-order chi connectivity index (χ1) is 17.5. The highest BCUT2D eigenvalue weighted by molar-refractivity contribution is 6.24. The Morgan fingerprint density at radius 1 is 0.806 bits per heavy atom. The Balaban J connectivity index is 1.43. The lowest BCUT2D eigenvalue weighted by molar-refractivity contribution is -0.128. The number of rotatable bonds is 4. The summed E-state index contributed by atoms with van der Waals surface area (Å²) in [6.45, 7) is 1.46. The fraction of sp³-hybridized carbons (Fsp3) is 0.172. The molecule has 3 aliphatic rings. The summed E-state index contributed by atoms with van der Waals surface area (Å²) in [6, 6.07) is 22.0. The Labute approximate surface area is 208 Å². The van der Waals surface area contributed by atoms with Crippen molar-refractivity contribution in [1.82, 2.24) is 4.90 Å². The van der Waals surface area contributed by atoms with Gasteiger partial charge in [0.05, 0.1) is 23.6 Å². The number of para-hydroxylation sites is 1. The Morgan fingerprint density at radius 3 is 2.19 bits per heavy atom. The van der Waals surface area contributed by atoms with E-state index in [1.165, 1.54) is 11.8 Å². The van der Waals surface area contributed by atoms with Gasteiger partial charge in [-0.15, -0.1) is 0 Å². The molecule has 2 fully saturated rings. The van der Waals surface area contributed by atoms with E-state index in [1.807, 2.05) is 59.6 Å². The zero-order valence-corrected chi connectivity index (χ0v) is 19.5. The maximum Gasteiger partial charge on any atom is 0.247 e. The molecule has 0 saturated carbocycles. The molecular weight excluding hydrogens is 454 g/mol. The molecule has 0 spiro atoms. The molecule has 0 radical (unpaired) electrons. The van der Waals surface area contributed by atoms with Gasteiger partial charge < -0.3 is 10.2 Å². The summed E-state index contributed by atoms with van der Waals surface area (Å²) in [4.78, 5) is 56.1. The molecule has 3 aromatic carbocycles. The molecule has 0 aromatic heterocycles. The van der Waals surface area contributed by atoms with E-state index in [1.54, 1.807) is 36.4 Å². The quantitative estimate of drug-likeness (QED) is 0.453. The van der Waals surface area contributed by atoms with Crippen molar-refractivity contribution in [2.24, 2.45) is 11.8 Å².